The van der Waals surface area contributed by atoms with Gasteiger partial charge in [-0.1, -0.05) is 17.7 Å². The van der Waals surface area contributed by atoms with Crippen LogP contribution in [0.4, 0.5) is 0 Å². The molecule has 3 heterocycles. The zero-order valence-electron chi connectivity index (χ0n) is 11.9. The average Bonchev–Trinajstić information content (AvgIpc) is 2.92. The third-order valence-electron chi connectivity index (χ3n) is 3.53. The van der Waals surface area contributed by atoms with Crippen LogP contribution in [0, 0.1) is 23.7 Å². The zero-order chi connectivity index (χ0) is 15.0. The number of ether oxygens (including phenoxy) is 1. The van der Waals surface area contributed by atoms with Crippen molar-refractivity contribution in [2.24, 2.45) is 0 Å². The minimum Gasteiger partial charge on any atom is -0.370 e. The van der Waals surface area contributed by atoms with Crippen molar-refractivity contribution in [1.82, 2.24) is 14.6 Å². The molecule has 5 nitrogen and oxygen atoms in total. The number of fused-ring (bicyclic) bond motifs is 3. The molecule has 6 heteroatoms. The molecule has 21 heavy (non-hydrogen) atoms. The zero-order valence-corrected chi connectivity index (χ0v) is 12.7. The number of thioether (sulfide) groups is 1. The molecule has 0 atom stereocenters. The normalized spacial score (nSPS) is 16.2. The first kappa shape index (κ1) is 13.9. The number of rotatable bonds is 2. The van der Waals surface area contributed by atoms with Crippen molar-refractivity contribution in [2.45, 2.75) is 37.5 Å². The lowest BCUT2D eigenvalue weighted by atomic mass is 9.90. The molecular formula is C15H14N4OS. The van der Waals surface area contributed by atoms with Crippen molar-refractivity contribution in [3.05, 3.63) is 23.0 Å². The second kappa shape index (κ2) is 5.07. The van der Waals surface area contributed by atoms with E-state index < -0.39 is 0 Å². The fourth-order valence-corrected chi connectivity index (χ4v) is 3.39. The lowest BCUT2D eigenvalue weighted by Gasteiger charge is -2.32. The van der Waals surface area contributed by atoms with E-state index in [1.165, 1.54) is 11.8 Å². The Kier molecular flexibility index (Phi) is 3.36. The van der Waals surface area contributed by atoms with Crippen LogP contribution in [-0.4, -0.2) is 26.0 Å². The molecule has 0 spiro atoms. The minimum absolute atomic E-state index is 0.287. The van der Waals surface area contributed by atoms with Crippen molar-refractivity contribution in [1.29, 1.82) is 5.26 Å². The third-order valence-corrected chi connectivity index (χ3v) is 4.52. The van der Waals surface area contributed by atoms with E-state index in [2.05, 4.69) is 22.2 Å². The maximum absolute atomic E-state index is 9.63. The standard InChI is InChI=1S/C15H14N4OS/c1-4-5-21-14-11(7-16)10-6-15(2,3)20-8-12(10)13-18-17-9-19(13)14/h1,9H,5-6,8H2,2-3H3. The van der Waals surface area contributed by atoms with Crippen molar-refractivity contribution in [2.75, 3.05) is 5.75 Å². The van der Waals surface area contributed by atoms with Gasteiger partial charge in [0.15, 0.2) is 5.65 Å². The van der Waals surface area contributed by atoms with Crippen LogP contribution >= 0.6 is 11.8 Å². The lowest BCUT2D eigenvalue weighted by Crippen LogP contribution is -2.33. The van der Waals surface area contributed by atoms with Gasteiger partial charge in [-0.15, -0.1) is 16.6 Å². The highest BCUT2D eigenvalue weighted by Crippen LogP contribution is 2.36. The number of nitriles is 1. The van der Waals surface area contributed by atoms with Gasteiger partial charge in [-0.05, 0) is 19.4 Å². The lowest BCUT2D eigenvalue weighted by molar-refractivity contribution is -0.0398. The average molecular weight is 298 g/mol. The highest BCUT2D eigenvalue weighted by Gasteiger charge is 2.32. The number of nitrogens with zero attached hydrogens (tertiary/aromatic N) is 4. The van der Waals surface area contributed by atoms with E-state index >= 15 is 0 Å². The van der Waals surface area contributed by atoms with E-state index in [0.717, 1.165) is 21.8 Å². The highest BCUT2D eigenvalue weighted by molar-refractivity contribution is 7.99. The fourth-order valence-electron chi connectivity index (χ4n) is 2.58. The molecule has 0 N–H and O–H groups in total. The molecule has 2 aromatic heterocycles. The van der Waals surface area contributed by atoms with Gasteiger partial charge in [-0.25, -0.2) is 0 Å². The third kappa shape index (κ3) is 2.27. The molecule has 3 rings (SSSR count). The van der Waals surface area contributed by atoms with Gasteiger partial charge in [-0.2, -0.15) is 5.26 Å². The van der Waals surface area contributed by atoms with E-state index in [9.17, 15) is 5.26 Å². The molecule has 0 saturated heterocycles. The number of terminal acetylenes is 1. The maximum Gasteiger partial charge on any atom is 0.167 e. The molecule has 0 amide bonds. The summed E-state index contributed by atoms with van der Waals surface area (Å²) in [5.41, 5.74) is 3.08. The number of hydrogen-bond acceptors (Lipinski definition) is 5. The summed E-state index contributed by atoms with van der Waals surface area (Å²) in [5, 5.41) is 18.6. The summed E-state index contributed by atoms with van der Waals surface area (Å²) in [6, 6.07) is 2.33. The smallest absolute Gasteiger partial charge is 0.167 e. The molecule has 0 saturated carbocycles. The van der Waals surface area contributed by atoms with Gasteiger partial charge in [-0.3, -0.25) is 4.40 Å². The SMILES string of the molecule is C#CCSc1c(C#N)c2c(c3nncn13)COC(C)(C)C2. The molecule has 2 aromatic rings. The van der Waals surface area contributed by atoms with Gasteiger partial charge in [0.05, 0.1) is 23.5 Å². The van der Waals surface area contributed by atoms with Gasteiger partial charge in [0.2, 0.25) is 0 Å². The largest absolute Gasteiger partial charge is 0.370 e. The molecule has 0 fully saturated rings. The van der Waals surface area contributed by atoms with Crippen LogP contribution in [-0.2, 0) is 17.8 Å². The Labute approximate surface area is 127 Å². The van der Waals surface area contributed by atoms with E-state index in [0.29, 0.717) is 24.3 Å². The van der Waals surface area contributed by atoms with Crippen LogP contribution in [0.15, 0.2) is 11.4 Å². The van der Waals surface area contributed by atoms with E-state index in [-0.39, 0.29) is 5.60 Å². The van der Waals surface area contributed by atoms with Crippen LogP contribution in [0.5, 0.6) is 0 Å². The monoisotopic (exact) mass is 298 g/mol. The quantitative estimate of drug-likeness (QED) is 0.628. The molecule has 0 aromatic carbocycles. The Balaban J connectivity index is 2.29. The summed E-state index contributed by atoms with van der Waals surface area (Å²) < 4.78 is 7.69. The molecule has 0 aliphatic carbocycles. The Morgan fingerprint density at radius 3 is 3.05 bits per heavy atom. The summed E-state index contributed by atoms with van der Waals surface area (Å²) in [4.78, 5) is 0. The summed E-state index contributed by atoms with van der Waals surface area (Å²) in [7, 11) is 0. The Hall–Kier alpha value is -2.02. The van der Waals surface area contributed by atoms with Crippen molar-refractivity contribution in [3.63, 3.8) is 0 Å². The fraction of sp³-hybridized carbons (Fsp3) is 0.400. The number of pyridine rings is 1. The summed E-state index contributed by atoms with van der Waals surface area (Å²) in [6.45, 7) is 4.50. The second-order valence-electron chi connectivity index (χ2n) is 5.49. The Morgan fingerprint density at radius 1 is 1.52 bits per heavy atom. The molecule has 1 aliphatic rings. The number of hydrogen-bond donors (Lipinski definition) is 0. The molecule has 0 unspecified atom stereocenters. The maximum atomic E-state index is 9.63. The topological polar surface area (TPSA) is 63.2 Å². The van der Waals surface area contributed by atoms with Crippen LogP contribution < -0.4 is 0 Å². The van der Waals surface area contributed by atoms with Crippen LogP contribution in [0.1, 0.15) is 30.5 Å². The summed E-state index contributed by atoms with van der Waals surface area (Å²) >= 11 is 1.46. The Bertz CT molecular complexity index is 795. The molecule has 1 aliphatic heterocycles. The first-order valence-electron chi connectivity index (χ1n) is 6.55. The number of aromatic nitrogens is 3. The highest BCUT2D eigenvalue weighted by atomic mass is 32.2. The first-order chi connectivity index (χ1) is 10.1. The summed E-state index contributed by atoms with van der Waals surface area (Å²) in [6.07, 6.45) is 7.65. The molecular weight excluding hydrogens is 284 g/mol. The van der Waals surface area contributed by atoms with Gasteiger partial charge in [0, 0.05) is 12.0 Å². The van der Waals surface area contributed by atoms with Crippen molar-refractivity contribution < 1.29 is 4.74 Å². The van der Waals surface area contributed by atoms with Crippen molar-refractivity contribution in [3.8, 4) is 18.4 Å². The predicted molar refractivity (Wildman–Crippen MR) is 79.8 cm³/mol. The summed E-state index contributed by atoms with van der Waals surface area (Å²) in [5.74, 6) is 3.10. The van der Waals surface area contributed by atoms with Crippen LogP contribution in [0.3, 0.4) is 0 Å². The van der Waals surface area contributed by atoms with Crippen molar-refractivity contribution >= 4 is 17.4 Å². The van der Waals surface area contributed by atoms with E-state index in [4.69, 9.17) is 11.2 Å². The first-order valence-corrected chi connectivity index (χ1v) is 7.53. The van der Waals surface area contributed by atoms with Crippen LogP contribution in [0.2, 0.25) is 0 Å². The minimum atomic E-state index is -0.287. The molecule has 0 bridgehead atoms. The van der Waals surface area contributed by atoms with Gasteiger partial charge >= 0.3 is 0 Å². The van der Waals surface area contributed by atoms with E-state index in [1.54, 1.807) is 6.33 Å². The van der Waals surface area contributed by atoms with Gasteiger partial charge in [0.1, 0.15) is 17.4 Å². The van der Waals surface area contributed by atoms with Crippen LogP contribution in [0.25, 0.3) is 5.65 Å². The Morgan fingerprint density at radius 2 is 2.33 bits per heavy atom. The molecule has 106 valence electrons. The van der Waals surface area contributed by atoms with E-state index in [1.807, 2.05) is 18.2 Å². The second-order valence-corrected chi connectivity index (χ2v) is 6.46. The molecule has 0 radical (unpaired) electrons. The van der Waals surface area contributed by atoms with Gasteiger partial charge in [0.25, 0.3) is 0 Å². The van der Waals surface area contributed by atoms with Gasteiger partial charge < -0.3 is 4.74 Å². The predicted octanol–water partition coefficient (Wildman–Crippen LogP) is 2.18.